The van der Waals surface area contributed by atoms with Gasteiger partial charge in [0.2, 0.25) is 5.89 Å². The van der Waals surface area contributed by atoms with Gasteiger partial charge in [-0.2, -0.15) is 0 Å². The van der Waals surface area contributed by atoms with Crippen LogP contribution in [0.3, 0.4) is 0 Å². The molecule has 52 heavy (non-hydrogen) atoms. The van der Waals surface area contributed by atoms with Gasteiger partial charge in [0.15, 0.2) is 11.4 Å². The predicted octanol–water partition coefficient (Wildman–Crippen LogP) is 7.98. The lowest BCUT2D eigenvalue weighted by Crippen LogP contribution is -2.35. The van der Waals surface area contributed by atoms with Gasteiger partial charge < -0.3 is 19.9 Å². The normalized spacial score (nSPS) is 17.3. The summed E-state index contributed by atoms with van der Waals surface area (Å²) in [5.41, 5.74) is 10.3. The number of carbonyl (C=O) groups is 1. The molecule has 6 aromatic rings. The van der Waals surface area contributed by atoms with Crippen LogP contribution in [0, 0.1) is 19.8 Å². The number of aromatic nitrogens is 3. The quantitative estimate of drug-likeness (QED) is 0.136. The number of aliphatic hydroxyl groups is 1. The molecule has 0 spiro atoms. The Labute approximate surface area is 307 Å². The van der Waals surface area contributed by atoms with E-state index in [4.69, 9.17) is 26.0 Å². The molecule has 2 aliphatic rings. The van der Waals surface area contributed by atoms with Crippen LogP contribution in [-0.2, 0) is 17.9 Å². The fourth-order valence-corrected chi connectivity index (χ4v) is 7.97. The Morgan fingerprint density at radius 1 is 0.904 bits per heavy atom. The number of aliphatic carboxylic acids is 1. The average Bonchev–Trinajstić information content (AvgIpc) is 3.75. The number of hydrogen-bond acceptors (Lipinski definition) is 9. The van der Waals surface area contributed by atoms with Crippen LogP contribution < -0.4 is 5.32 Å². The summed E-state index contributed by atoms with van der Waals surface area (Å²) in [5, 5.41) is 24.4. The number of benzene rings is 3. The molecule has 2 saturated heterocycles. The van der Waals surface area contributed by atoms with Gasteiger partial charge in [0.05, 0.1) is 17.0 Å². The molecule has 2 fully saturated rings. The molecule has 2 aliphatic heterocycles. The Morgan fingerprint density at radius 3 is 2.40 bits per heavy atom. The Hall–Kier alpha value is -4.87. The number of oxazole rings is 1. The third-order valence-corrected chi connectivity index (χ3v) is 10.9. The number of carboxylic acid groups (broad SMARTS) is 1. The maximum Gasteiger partial charge on any atom is 0.306 e. The minimum Gasteiger partial charge on any atom is -0.481 e. The van der Waals surface area contributed by atoms with Gasteiger partial charge in [-0.1, -0.05) is 35.9 Å². The van der Waals surface area contributed by atoms with Crippen molar-refractivity contribution in [1.29, 1.82) is 0 Å². The zero-order valence-corrected chi connectivity index (χ0v) is 30.0. The first kappa shape index (κ1) is 34.2. The molecule has 266 valence electrons. The summed E-state index contributed by atoms with van der Waals surface area (Å²) in [6, 6.07) is 20.5. The summed E-state index contributed by atoms with van der Waals surface area (Å²) in [5.74, 6) is 0.226. The number of aliphatic hydroxyl groups excluding tert-OH is 1. The van der Waals surface area contributed by atoms with Gasteiger partial charge in [0, 0.05) is 55.2 Å². The molecule has 1 atom stereocenters. The number of nitrogens with one attached hydrogen (secondary N) is 1. The van der Waals surface area contributed by atoms with Gasteiger partial charge in [-0.15, -0.1) is 0 Å². The van der Waals surface area contributed by atoms with E-state index in [-0.39, 0.29) is 12.0 Å². The molecule has 8 rings (SSSR count). The number of likely N-dealkylation sites (tertiary alicyclic amines) is 2. The van der Waals surface area contributed by atoms with E-state index in [2.05, 4.69) is 58.2 Å². The van der Waals surface area contributed by atoms with Crippen LogP contribution in [0.4, 0.5) is 11.5 Å². The van der Waals surface area contributed by atoms with E-state index >= 15 is 0 Å². The largest absolute Gasteiger partial charge is 0.481 e. The summed E-state index contributed by atoms with van der Waals surface area (Å²) in [6.07, 6.45) is 5.58. The first-order valence-corrected chi connectivity index (χ1v) is 18.2. The Balaban J connectivity index is 1.04. The van der Waals surface area contributed by atoms with Gasteiger partial charge in [-0.25, -0.2) is 9.97 Å². The summed E-state index contributed by atoms with van der Waals surface area (Å²) < 4.78 is 6.30. The van der Waals surface area contributed by atoms with Crippen molar-refractivity contribution in [2.24, 2.45) is 5.92 Å². The molecule has 3 N–H and O–H groups in total. The van der Waals surface area contributed by atoms with E-state index in [1.54, 1.807) is 0 Å². The number of β-amino-alcohol motifs (C(OH)–C–C–N with tert-alkyl or cyclic N) is 1. The second-order valence-electron chi connectivity index (χ2n) is 14.2. The number of halogens is 1. The van der Waals surface area contributed by atoms with E-state index in [1.807, 2.05) is 48.8 Å². The van der Waals surface area contributed by atoms with E-state index < -0.39 is 5.97 Å². The van der Waals surface area contributed by atoms with Crippen molar-refractivity contribution in [3.05, 3.63) is 100 Å². The number of anilines is 2. The lowest BCUT2D eigenvalue weighted by Gasteiger charge is -2.30. The van der Waals surface area contributed by atoms with E-state index in [0.29, 0.717) is 53.8 Å². The minimum absolute atomic E-state index is 0.247. The van der Waals surface area contributed by atoms with Crippen molar-refractivity contribution in [3.8, 4) is 22.6 Å². The maximum atomic E-state index is 11.4. The van der Waals surface area contributed by atoms with Crippen molar-refractivity contribution >= 4 is 51.1 Å². The average molecular weight is 717 g/mol. The number of fused-ring (bicyclic) bond motifs is 2. The van der Waals surface area contributed by atoms with Crippen LogP contribution in [0.15, 0.2) is 77.5 Å². The molecule has 5 heterocycles. The molecule has 0 radical (unpaired) electrons. The van der Waals surface area contributed by atoms with Crippen LogP contribution in [0.5, 0.6) is 0 Å². The molecule has 1 unspecified atom stereocenters. The fourth-order valence-electron chi connectivity index (χ4n) is 7.70. The molecular formula is C41H41ClN6O4. The van der Waals surface area contributed by atoms with Crippen LogP contribution in [-0.4, -0.2) is 73.2 Å². The highest BCUT2D eigenvalue weighted by Crippen LogP contribution is 2.38. The fraction of sp³-hybridized carbons (Fsp3) is 0.317. The topological polar surface area (TPSA) is 128 Å². The van der Waals surface area contributed by atoms with Gasteiger partial charge in [0.25, 0.3) is 0 Å². The highest BCUT2D eigenvalue weighted by molar-refractivity contribution is 6.34. The van der Waals surface area contributed by atoms with Crippen LogP contribution in [0.1, 0.15) is 41.5 Å². The smallest absolute Gasteiger partial charge is 0.306 e. The lowest BCUT2D eigenvalue weighted by molar-refractivity contribution is -0.143. The molecule has 11 heteroatoms. The van der Waals surface area contributed by atoms with E-state index in [9.17, 15) is 15.0 Å². The van der Waals surface area contributed by atoms with Crippen LogP contribution in [0.2, 0.25) is 5.02 Å². The van der Waals surface area contributed by atoms with Crippen molar-refractivity contribution in [2.45, 2.75) is 52.3 Å². The molecule has 0 aliphatic carbocycles. The number of pyridine rings is 2. The summed E-state index contributed by atoms with van der Waals surface area (Å²) >= 11 is 6.74. The number of carboxylic acids is 1. The standard InChI is InChI=1S/C41H41ClN6O4/c1-24-31(5-3-7-33(24)40-46-36-19-26(18-34(42)38(36)52-40)21-47-14-10-28(11-15-47)41(50)51)32-6-4-8-35(25(32)2)45-39-37-29(9-13-43-39)17-27(20-44-37)22-48-16-12-30(49)23-48/h3-9,13,17-20,28,30,49H,10-12,14-16,21-23H2,1-2H3,(H,43,45)(H,50,51). The van der Waals surface area contributed by atoms with E-state index in [1.165, 1.54) is 0 Å². The summed E-state index contributed by atoms with van der Waals surface area (Å²) in [4.78, 5) is 30.3. The molecule has 0 bridgehead atoms. The molecule has 0 amide bonds. The third kappa shape index (κ3) is 6.87. The first-order chi connectivity index (χ1) is 25.2. The molecule has 0 saturated carbocycles. The van der Waals surface area contributed by atoms with Gasteiger partial charge in [-0.3, -0.25) is 19.6 Å². The van der Waals surface area contributed by atoms with E-state index in [0.717, 1.165) is 88.1 Å². The van der Waals surface area contributed by atoms with Crippen molar-refractivity contribution in [3.63, 3.8) is 0 Å². The van der Waals surface area contributed by atoms with Gasteiger partial charge >= 0.3 is 5.97 Å². The summed E-state index contributed by atoms with van der Waals surface area (Å²) in [6.45, 7) is 8.70. The monoisotopic (exact) mass is 716 g/mol. The number of nitrogens with zero attached hydrogens (tertiary/aromatic N) is 5. The molecule has 3 aromatic heterocycles. The van der Waals surface area contributed by atoms with Crippen molar-refractivity contribution < 1.29 is 19.4 Å². The minimum atomic E-state index is -0.709. The predicted molar refractivity (Wildman–Crippen MR) is 204 cm³/mol. The van der Waals surface area contributed by atoms with Crippen molar-refractivity contribution in [1.82, 2.24) is 24.8 Å². The van der Waals surface area contributed by atoms with Crippen molar-refractivity contribution in [2.75, 3.05) is 31.5 Å². The first-order valence-electron chi connectivity index (χ1n) is 17.9. The zero-order valence-electron chi connectivity index (χ0n) is 29.3. The van der Waals surface area contributed by atoms with Crippen LogP contribution >= 0.6 is 11.6 Å². The van der Waals surface area contributed by atoms with Gasteiger partial charge in [0.1, 0.15) is 11.0 Å². The molecule has 10 nitrogen and oxygen atoms in total. The second kappa shape index (κ2) is 14.3. The number of hydrogen-bond donors (Lipinski definition) is 3. The maximum absolute atomic E-state index is 11.4. The Morgan fingerprint density at radius 2 is 1.63 bits per heavy atom. The molecular weight excluding hydrogens is 676 g/mol. The second-order valence-corrected chi connectivity index (χ2v) is 14.6. The van der Waals surface area contributed by atoms with Crippen LogP contribution in [0.25, 0.3) is 44.6 Å². The third-order valence-electron chi connectivity index (χ3n) is 10.6. The molecule has 3 aromatic carbocycles. The van der Waals surface area contributed by atoms with Gasteiger partial charge in [-0.05, 0) is 116 Å². The Bertz CT molecular complexity index is 2300. The lowest BCUT2D eigenvalue weighted by atomic mass is 9.93. The number of rotatable bonds is 9. The SMILES string of the molecule is Cc1c(Nc2nccc3cc(CN4CCC(O)C4)cnc23)cccc1-c1cccc(-c2nc3cc(CN4CCC(C(=O)O)CC4)cc(Cl)c3o2)c1C. The summed E-state index contributed by atoms with van der Waals surface area (Å²) in [7, 11) is 0. The zero-order chi connectivity index (χ0) is 35.9. The highest BCUT2D eigenvalue weighted by Gasteiger charge is 2.25. The Kier molecular flexibility index (Phi) is 9.40. The highest BCUT2D eigenvalue weighted by atomic mass is 35.5. The number of piperidine rings is 1.